The van der Waals surface area contributed by atoms with Gasteiger partial charge in [-0.15, -0.1) is 0 Å². The molecule has 106 valence electrons. The third kappa shape index (κ3) is 6.24. The van der Waals surface area contributed by atoms with E-state index >= 15 is 0 Å². The van der Waals surface area contributed by atoms with Gasteiger partial charge in [-0.1, -0.05) is 30.3 Å². The first-order valence-corrected chi connectivity index (χ1v) is 5.98. The van der Waals surface area contributed by atoms with Crippen LogP contribution in [0.15, 0.2) is 30.3 Å². The second-order valence-corrected chi connectivity index (χ2v) is 4.21. The van der Waals surface area contributed by atoms with E-state index in [2.05, 4.69) is 5.32 Å². The minimum absolute atomic E-state index is 0.00235. The summed E-state index contributed by atoms with van der Waals surface area (Å²) in [6.07, 6.45) is -4.70. The van der Waals surface area contributed by atoms with Crippen molar-refractivity contribution in [2.75, 3.05) is 6.54 Å². The SMILES string of the molecule is O=C(O)C(NCCCCC(F)(F)F)c1ccccc1. The van der Waals surface area contributed by atoms with E-state index in [1.165, 1.54) is 0 Å². The van der Waals surface area contributed by atoms with E-state index in [4.69, 9.17) is 5.11 Å². The zero-order valence-electron chi connectivity index (χ0n) is 10.3. The molecule has 0 bridgehead atoms. The molecular formula is C13H16F3NO2. The predicted molar refractivity (Wildman–Crippen MR) is 64.7 cm³/mol. The third-order valence-corrected chi connectivity index (χ3v) is 2.62. The molecule has 19 heavy (non-hydrogen) atoms. The van der Waals surface area contributed by atoms with Crippen molar-refractivity contribution in [3.05, 3.63) is 35.9 Å². The molecule has 0 aliphatic carbocycles. The van der Waals surface area contributed by atoms with Crippen LogP contribution in [-0.4, -0.2) is 23.8 Å². The van der Waals surface area contributed by atoms with Crippen molar-refractivity contribution >= 4 is 5.97 Å². The lowest BCUT2D eigenvalue weighted by Gasteiger charge is -2.14. The van der Waals surface area contributed by atoms with Crippen molar-refractivity contribution < 1.29 is 23.1 Å². The first-order valence-electron chi connectivity index (χ1n) is 5.98. The van der Waals surface area contributed by atoms with Gasteiger partial charge < -0.3 is 10.4 Å². The van der Waals surface area contributed by atoms with Gasteiger partial charge in [0.2, 0.25) is 0 Å². The molecule has 1 atom stereocenters. The molecule has 2 N–H and O–H groups in total. The Labute approximate surface area is 109 Å². The molecule has 1 aromatic carbocycles. The maximum Gasteiger partial charge on any atom is 0.389 e. The second-order valence-electron chi connectivity index (χ2n) is 4.21. The van der Waals surface area contributed by atoms with E-state index in [9.17, 15) is 18.0 Å². The van der Waals surface area contributed by atoms with Crippen molar-refractivity contribution in [2.24, 2.45) is 0 Å². The third-order valence-electron chi connectivity index (χ3n) is 2.62. The average Bonchev–Trinajstić information content (AvgIpc) is 2.33. The Balaban J connectivity index is 2.38. The fourth-order valence-corrected chi connectivity index (χ4v) is 1.69. The van der Waals surface area contributed by atoms with Gasteiger partial charge in [0.1, 0.15) is 6.04 Å². The van der Waals surface area contributed by atoms with Crippen LogP contribution in [0.5, 0.6) is 0 Å². The van der Waals surface area contributed by atoms with Gasteiger partial charge in [-0.05, 0) is 24.9 Å². The molecule has 3 nitrogen and oxygen atoms in total. The Morgan fingerprint density at radius 2 is 1.84 bits per heavy atom. The molecule has 0 saturated heterocycles. The molecule has 0 heterocycles. The molecule has 0 spiro atoms. The molecule has 6 heteroatoms. The number of halogens is 3. The fourth-order valence-electron chi connectivity index (χ4n) is 1.69. The van der Waals surface area contributed by atoms with Crippen LogP contribution in [0.4, 0.5) is 13.2 Å². The number of rotatable bonds is 7. The summed E-state index contributed by atoms with van der Waals surface area (Å²) in [5.41, 5.74) is 0.589. The number of nitrogens with one attached hydrogen (secondary N) is 1. The van der Waals surface area contributed by atoms with E-state index in [1.807, 2.05) is 0 Å². The Kier molecular flexibility index (Phi) is 5.82. The minimum atomic E-state index is -4.15. The smallest absolute Gasteiger partial charge is 0.389 e. The van der Waals surface area contributed by atoms with Gasteiger partial charge in [0.15, 0.2) is 0 Å². The Bertz CT molecular complexity index is 393. The van der Waals surface area contributed by atoms with Crippen LogP contribution in [0.25, 0.3) is 0 Å². The van der Waals surface area contributed by atoms with E-state index in [-0.39, 0.29) is 19.4 Å². The van der Waals surface area contributed by atoms with Crippen LogP contribution in [0, 0.1) is 0 Å². The van der Waals surface area contributed by atoms with Gasteiger partial charge in [0.05, 0.1) is 0 Å². The molecule has 0 fully saturated rings. The molecule has 1 rings (SSSR count). The van der Waals surface area contributed by atoms with Gasteiger partial charge >= 0.3 is 12.1 Å². The van der Waals surface area contributed by atoms with E-state index in [0.29, 0.717) is 5.56 Å². The number of carboxylic acid groups (broad SMARTS) is 1. The normalized spacial score (nSPS) is 13.2. The number of benzene rings is 1. The summed E-state index contributed by atoms with van der Waals surface area (Å²) in [6, 6.07) is 7.66. The van der Waals surface area contributed by atoms with Crippen molar-refractivity contribution in [3.63, 3.8) is 0 Å². The van der Waals surface area contributed by atoms with Crippen molar-refractivity contribution in [1.82, 2.24) is 5.32 Å². The van der Waals surface area contributed by atoms with Crippen molar-refractivity contribution in [1.29, 1.82) is 0 Å². The van der Waals surface area contributed by atoms with Crippen LogP contribution >= 0.6 is 0 Å². The van der Waals surface area contributed by atoms with Crippen LogP contribution in [0.3, 0.4) is 0 Å². The van der Waals surface area contributed by atoms with Crippen LogP contribution < -0.4 is 5.32 Å². The van der Waals surface area contributed by atoms with Crippen LogP contribution in [0.2, 0.25) is 0 Å². The summed E-state index contributed by atoms with van der Waals surface area (Å²) in [7, 11) is 0. The summed E-state index contributed by atoms with van der Waals surface area (Å²) in [6.45, 7) is 0.238. The number of carboxylic acids is 1. The van der Waals surface area contributed by atoms with Gasteiger partial charge in [0, 0.05) is 6.42 Å². The highest BCUT2D eigenvalue weighted by atomic mass is 19.4. The number of unbranched alkanes of at least 4 members (excludes halogenated alkanes) is 1. The number of hydrogen-bond donors (Lipinski definition) is 2. The highest BCUT2D eigenvalue weighted by Gasteiger charge is 2.26. The lowest BCUT2D eigenvalue weighted by atomic mass is 10.1. The monoisotopic (exact) mass is 275 g/mol. The first-order chi connectivity index (χ1) is 8.90. The zero-order chi connectivity index (χ0) is 14.3. The highest BCUT2D eigenvalue weighted by Crippen LogP contribution is 2.22. The number of hydrogen-bond acceptors (Lipinski definition) is 2. The fraction of sp³-hybridized carbons (Fsp3) is 0.462. The first kappa shape index (κ1) is 15.5. The Morgan fingerprint density at radius 1 is 1.21 bits per heavy atom. The molecule has 0 saturated carbocycles. The van der Waals surface area contributed by atoms with E-state index < -0.39 is 24.6 Å². The Morgan fingerprint density at radius 3 is 2.37 bits per heavy atom. The molecule has 0 aliphatic heterocycles. The summed E-state index contributed by atoms with van der Waals surface area (Å²) >= 11 is 0. The zero-order valence-corrected chi connectivity index (χ0v) is 10.3. The highest BCUT2D eigenvalue weighted by molar-refractivity contribution is 5.75. The summed E-state index contributed by atoms with van der Waals surface area (Å²) in [5.74, 6) is -1.04. The lowest BCUT2D eigenvalue weighted by molar-refractivity contribution is -0.140. The summed E-state index contributed by atoms with van der Waals surface area (Å²) < 4.78 is 35.8. The second kappa shape index (κ2) is 7.13. The molecule has 0 amide bonds. The number of aliphatic carboxylic acids is 1. The summed E-state index contributed by atoms with van der Waals surface area (Å²) in [4.78, 5) is 11.1. The standard InChI is InChI=1S/C13H16F3NO2/c14-13(15,16)8-4-5-9-17-11(12(18)19)10-6-2-1-3-7-10/h1-3,6-7,11,17H,4-5,8-9H2,(H,18,19). The molecule has 0 radical (unpaired) electrons. The predicted octanol–water partition coefficient (Wildman–Crippen LogP) is 3.13. The average molecular weight is 275 g/mol. The van der Waals surface area contributed by atoms with E-state index in [1.54, 1.807) is 30.3 Å². The van der Waals surface area contributed by atoms with Gasteiger partial charge in [-0.3, -0.25) is 4.79 Å². The number of alkyl halides is 3. The number of carbonyl (C=O) groups is 1. The van der Waals surface area contributed by atoms with Crippen molar-refractivity contribution in [2.45, 2.75) is 31.5 Å². The molecule has 1 unspecified atom stereocenters. The molecular weight excluding hydrogens is 259 g/mol. The maximum atomic E-state index is 11.9. The minimum Gasteiger partial charge on any atom is -0.480 e. The van der Waals surface area contributed by atoms with E-state index in [0.717, 1.165) is 0 Å². The van der Waals surface area contributed by atoms with Crippen LogP contribution in [0.1, 0.15) is 30.9 Å². The van der Waals surface area contributed by atoms with Gasteiger partial charge in [-0.25, -0.2) is 0 Å². The maximum absolute atomic E-state index is 11.9. The molecule has 1 aromatic rings. The van der Waals surface area contributed by atoms with Crippen molar-refractivity contribution in [3.8, 4) is 0 Å². The summed E-state index contributed by atoms with van der Waals surface area (Å²) in [5, 5.41) is 11.8. The molecule has 0 aromatic heterocycles. The van der Waals surface area contributed by atoms with Gasteiger partial charge in [-0.2, -0.15) is 13.2 Å². The topological polar surface area (TPSA) is 49.3 Å². The largest absolute Gasteiger partial charge is 0.480 e. The quantitative estimate of drug-likeness (QED) is 0.752. The Hall–Kier alpha value is -1.56. The molecule has 0 aliphatic rings. The van der Waals surface area contributed by atoms with Gasteiger partial charge in [0.25, 0.3) is 0 Å². The lowest BCUT2D eigenvalue weighted by Crippen LogP contribution is -2.29. The van der Waals surface area contributed by atoms with Crippen LogP contribution in [-0.2, 0) is 4.79 Å².